The lowest BCUT2D eigenvalue weighted by Gasteiger charge is -2.28. The summed E-state index contributed by atoms with van der Waals surface area (Å²) in [5.74, 6) is 0. The topological polar surface area (TPSA) is 77.8 Å². The van der Waals surface area contributed by atoms with Crippen molar-refractivity contribution in [1.82, 2.24) is 0 Å². The molecule has 0 radical (unpaired) electrons. The molecule has 4 heteroatoms. The van der Waals surface area contributed by atoms with Crippen molar-refractivity contribution in [3.8, 4) is 0 Å². The molecule has 11 heavy (non-hydrogen) atoms. The van der Waals surface area contributed by atoms with Gasteiger partial charge >= 0.3 is 0 Å². The normalized spacial score (nSPS) is 21.9. The van der Waals surface area contributed by atoms with E-state index in [4.69, 9.17) is 10.2 Å². The maximum Gasteiger partial charge on any atom is 0.122 e. The smallest absolute Gasteiger partial charge is 0.122 e. The fourth-order valence-electron chi connectivity index (χ4n) is 0.809. The summed E-state index contributed by atoms with van der Waals surface area (Å²) < 4.78 is 0. The molecule has 0 bridgehead atoms. The van der Waals surface area contributed by atoms with Crippen molar-refractivity contribution >= 4 is 6.29 Å². The van der Waals surface area contributed by atoms with Gasteiger partial charge in [-0.05, 0) is 13.8 Å². The van der Waals surface area contributed by atoms with Crippen molar-refractivity contribution < 1.29 is 20.1 Å². The summed E-state index contributed by atoms with van der Waals surface area (Å²) >= 11 is 0. The third kappa shape index (κ3) is 2.96. The van der Waals surface area contributed by atoms with Crippen LogP contribution in [0, 0.1) is 0 Å². The SMILES string of the molecule is C[C@H](O)[C@H](O)[C@](C)(O)CC=O. The number of carbonyl (C=O) groups excluding carboxylic acids is 1. The van der Waals surface area contributed by atoms with Crippen LogP contribution >= 0.6 is 0 Å². The van der Waals surface area contributed by atoms with Crippen LogP contribution in [-0.4, -0.2) is 39.4 Å². The molecule has 0 aliphatic carbocycles. The summed E-state index contributed by atoms with van der Waals surface area (Å²) in [7, 11) is 0. The molecule has 0 saturated carbocycles. The zero-order valence-electron chi connectivity index (χ0n) is 6.69. The van der Waals surface area contributed by atoms with Crippen molar-refractivity contribution in [3.05, 3.63) is 0 Å². The molecule has 0 fully saturated rings. The zero-order valence-corrected chi connectivity index (χ0v) is 6.69. The number of carbonyl (C=O) groups is 1. The van der Waals surface area contributed by atoms with E-state index >= 15 is 0 Å². The Hall–Kier alpha value is -0.450. The van der Waals surface area contributed by atoms with Gasteiger partial charge in [0.25, 0.3) is 0 Å². The van der Waals surface area contributed by atoms with Gasteiger partial charge in [-0.25, -0.2) is 0 Å². The third-order valence-corrected chi connectivity index (χ3v) is 1.59. The van der Waals surface area contributed by atoms with Crippen LogP contribution in [0.4, 0.5) is 0 Å². The van der Waals surface area contributed by atoms with Crippen molar-refractivity contribution in [3.63, 3.8) is 0 Å². The van der Waals surface area contributed by atoms with E-state index in [9.17, 15) is 9.90 Å². The number of rotatable bonds is 4. The quantitative estimate of drug-likeness (QED) is 0.467. The van der Waals surface area contributed by atoms with Gasteiger partial charge in [0.15, 0.2) is 0 Å². The van der Waals surface area contributed by atoms with Crippen LogP contribution in [0.3, 0.4) is 0 Å². The molecule has 0 amide bonds. The second-order valence-electron chi connectivity index (χ2n) is 2.91. The van der Waals surface area contributed by atoms with Crippen LogP contribution in [-0.2, 0) is 4.79 Å². The fourth-order valence-corrected chi connectivity index (χ4v) is 0.809. The molecular weight excluding hydrogens is 148 g/mol. The Morgan fingerprint density at radius 2 is 2.00 bits per heavy atom. The summed E-state index contributed by atoms with van der Waals surface area (Å²) in [6.07, 6.45) is -2.00. The summed E-state index contributed by atoms with van der Waals surface area (Å²) in [4.78, 5) is 9.99. The van der Waals surface area contributed by atoms with E-state index in [1.165, 1.54) is 13.8 Å². The van der Waals surface area contributed by atoms with Crippen LogP contribution in [0.1, 0.15) is 20.3 Å². The first-order chi connectivity index (χ1) is 4.91. The average Bonchev–Trinajstić information content (AvgIpc) is 1.86. The molecular formula is C7H14O4. The van der Waals surface area contributed by atoms with Gasteiger partial charge in [-0.2, -0.15) is 0 Å². The maximum absolute atomic E-state index is 9.99. The number of aldehydes is 1. The summed E-state index contributed by atoms with van der Waals surface area (Å²) in [5, 5.41) is 27.3. The minimum Gasteiger partial charge on any atom is -0.391 e. The van der Waals surface area contributed by atoms with Gasteiger partial charge in [0.2, 0.25) is 0 Å². The van der Waals surface area contributed by atoms with Gasteiger partial charge in [-0.1, -0.05) is 0 Å². The van der Waals surface area contributed by atoms with E-state index in [-0.39, 0.29) is 6.42 Å². The monoisotopic (exact) mass is 162 g/mol. The van der Waals surface area contributed by atoms with Gasteiger partial charge in [0, 0.05) is 6.42 Å². The molecule has 0 saturated heterocycles. The molecule has 0 aliphatic rings. The van der Waals surface area contributed by atoms with Gasteiger partial charge in [0.1, 0.15) is 12.4 Å². The minimum atomic E-state index is -1.53. The van der Waals surface area contributed by atoms with Crippen LogP contribution in [0.15, 0.2) is 0 Å². The molecule has 0 heterocycles. The Bertz CT molecular complexity index is 130. The van der Waals surface area contributed by atoms with E-state index in [2.05, 4.69) is 0 Å². The second-order valence-corrected chi connectivity index (χ2v) is 2.91. The Kier molecular flexibility index (Phi) is 3.65. The maximum atomic E-state index is 9.99. The first-order valence-electron chi connectivity index (χ1n) is 3.44. The second kappa shape index (κ2) is 3.80. The standard InChI is InChI=1S/C7H14O4/c1-5(9)6(10)7(2,11)3-4-8/h4-6,9-11H,3H2,1-2H3/t5-,6-,7+/m0/s1. The first-order valence-corrected chi connectivity index (χ1v) is 3.44. The first kappa shape index (κ1) is 10.6. The van der Waals surface area contributed by atoms with Gasteiger partial charge in [-0.15, -0.1) is 0 Å². The number of aliphatic hydroxyl groups is 3. The van der Waals surface area contributed by atoms with E-state index in [0.717, 1.165) is 0 Å². The largest absolute Gasteiger partial charge is 0.391 e. The molecule has 0 rings (SSSR count). The Balaban J connectivity index is 4.15. The van der Waals surface area contributed by atoms with E-state index in [1.807, 2.05) is 0 Å². The fraction of sp³-hybridized carbons (Fsp3) is 0.857. The lowest BCUT2D eigenvalue weighted by molar-refractivity contribution is -0.129. The number of aliphatic hydroxyl groups excluding tert-OH is 2. The van der Waals surface area contributed by atoms with E-state index < -0.39 is 17.8 Å². The third-order valence-electron chi connectivity index (χ3n) is 1.59. The summed E-state index contributed by atoms with van der Waals surface area (Å²) in [6.45, 7) is 2.66. The van der Waals surface area contributed by atoms with Gasteiger partial charge < -0.3 is 20.1 Å². The van der Waals surface area contributed by atoms with Crippen LogP contribution in [0.2, 0.25) is 0 Å². The Morgan fingerprint density at radius 1 is 1.55 bits per heavy atom. The van der Waals surface area contributed by atoms with Crippen LogP contribution in [0.25, 0.3) is 0 Å². The predicted molar refractivity (Wildman–Crippen MR) is 39.0 cm³/mol. The van der Waals surface area contributed by atoms with Crippen LogP contribution in [0.5, 0.6) is 0 Å². The molecule has 0 aliphatic heterocycles. The highest BCUT2D eigenvalue weighted by molar-refractivity contribution is 5.51. The van der Waals surface area contributed by atoms with E-state index in [0.29, 0.717) is 6.29 Å². The van der Waals surface area contributed by atoms with Gasteiger partial charge in [-0.3, -0.25) is 0 Å². The van der Waals surface area contributed by atoms with Gasteiger partial charge in [0.05, 0.1) is 11.7 Å². The zero-order chi connectivity index (χ0) is 9.07. The van der Waals surface area contributed by atoms with Crippen molar-refractivity contribution in [1.29, 1.82) is 0 Å². The Labute approximate surface area is 65.5 Å². The lowest BCUT2D eigenvalue weighted by atomic mass is 9.93. The molecule has 3 N–H and O–H groups in total. The van der Waals surface area contributed by atoms with Crippen molar-refractivity contribution in [2.75, 3.05) is 0 Å². The minimum absolute atomic E-state index is 0.181. The molecule has 3 atom stereocenters. The van der Waals surface area contributed by atoms with Crippen molar-refractivity contribution in [2.24, 2.45) is 0 Å². The molecule has 66 valence electrons. The summed E-state index contributed by atoms with van der Waals surface area (Å²) in [5.41, 5.74) is -1.53. The molecule has 0 unspecified atom stereocenters. The average molecular weight is 162 g/mol. The number of hydrogen-bond donors (Lipinski definition) is 3. The number of hydrogen-bond acceptors (Lipinski definition) is 4. The highest BCUT2D eigenvalue weighted by Crippen LogP contribution is 2.15. The Morgan fingerprint density at radius 3 is 2.27 bits per heavy atom. The highest BCUT2D eigenvalue weighted by atomic mass is 16.4. The van der Waals surface area contributed by atoms with Crippen molar-refractivity contribution in [2.45, 2.75) is 38.1 Å². The summed E-state index contributed by atoms with van der Waals surface area (Å²) in [6, 6.07) is 0. The molecule has 0 aromatic carbocycles. The molecule has 0 aromatic heterocycles. The molecule has 0 spiro atoms. The molecule has 0 aromatic rings. The molecule has 4 nitrogen and oxygen atoms in total. The van der Waals surface area contributed by atoms with E-state index in [1.54, 1.807) is 0 Å². The predicted octanol–water partition coefficient (Wildman–Crippen LogP) is -0.932. The highest BCUT2D eigenvalue weighted by Gasteiger charge is 2.32. The van der Waals surface area contributed by atoms with Crippen LogP contribution < -0.4 is 0 Å². The lowest BCUT2D eigenvalue weighted by Crippen LogP contribution is -2.46.